The number of nitrogens with two attached hydrogens (primary N) is 1. The fourth-order valence-corrected chi connectivity index (χ4v) is 3.32. The number of hydrazone groups is 1. The molecule has 5 nitrogen and oxygen atoms in total. The van der Waals surface area contributed by atoms with Gasteiger partial charge in [0, 0.05) is 6.21 Å². The molecule has 2 aliphatic carbocycles. The van der Waals surface area contributed by atoms with E-state index in [0.29, 0.717) is 11.3 Å². The number of urea groups is 1. The van der Waals surface area contributed by atoms with Gasteiger partial charge in [-0.05, 0) is 62.7 Å². The molecule has 5 heteroatoms. The summed E-state index contributed by atoms with van der Waals surface area (Å²) in [6.45, 7) is 0. The molecule has 2 fully saturated rings. The number of carbonyl (C=O) groups excluding carboxylic acids is 1. The zero-order valence-electron chi connectivity index (χ0n) is 10.8. The van der Waals surface area contributed by atoms with Gasteiger partial charge in [-0.15, -0.1) is 0 Å². The predicted octanol–water partition coefficient (Wildman–Crippen LogP) is 1.75. The summed E-state index contributed by atoms with van der Waals surface area (Å²) in [5, 5.41) is 13.4. The third kappa shape index (κ3) is 3.45. The highest BCUT2D eigenvalue weighted by Gasteiger charge is 2.37. The number of rotatable bonds is 2. The molecule has 0 radical (unpaired) electrons. The van der Waals surface area contributed by atoms with Gasteiger partial charge < -0.3 is 10.8 Å². The van der Waals surface area contributed by atoms with Gasteiger partial charge >= 0.3 is 6.03 Å². The summed E-state index contributed by atoms with van der Waals surface area (Å²) >= 11 is 0. The minimum Gasteiger partial charge on any atom is -0.393 e. The van der Waals surface area contributed by atoms with Gasteiger partial charge in [-0.25, -0.2) is 10.2 Å². The number of carbonyl (C=O) groups is 1. The lowest BCUT2D eigenvalue weighted by Crippen LogP contribution is -2.34. The highest BCUT2D eigenvalue weighted by Crippen LogP contribution is 2.48. The Bertz CT molecular complexity index is 312. The number of primary amides is 1. The van der Waals surface area contributed by atoms with Crippen molar-refractivity contribution in [2.75, 3.05) is 0 Å². The number of aliphatic hydroxyl groups excluding tert-OH is 1. The molecule has 0 aromatic carbocycles. The highest BCUT2D eigenvalue weighted by molar-refractivity contribution is 5.73. The number of amides is 2. The third-order valence-electron chi connectivity index (χ3n) is 4.57. The number of aliphatic hydroxyl groups is 1. The lowest BCUT2D eigenvalue weighted by molar-refractivity contribution is 0.0353. The lowest BCUT2D eigenvalue weighted by Gasteiger charge is -2.43. The maximum Gasteiger partial charge on any atom is 0.332 e. The summed E-state index contributed by atoms with van der Waals surface area (Å²) in [6.07, 6.45) is 10.7. The molecule has 18 heavy (non-hydrogen) atoms. The molecular formula is C13H23N3O2. The normalized spacial score (nSPS) is 36.9. The van der Waals surface area contributed by atoms with Crippen LogP contribution in [0.4, 0.5) is 4.79 Å². The van der Waals surface area contributed by atoms with Crippen molar-refractivity contribution in [2.45, 2.75) is 57.5 Å². The SMILES string of the molecule is NC(=O)NN=CC1CCC2(CCC(O)CC2)CC1. The summed E-state index contributed by atoms with van der Waals surface area (Å²) in [4.78, 5) is 10.5. The second-order valence-corrected chi connectivity index (χ2v) is 5.82. The minimum absolute atomic E-state index is 0.0744. The van der Waals surface area contributed by atoms with Crippen molar-refractivity contribution in [2.24, 2.45) is 22.2 Å². The molecule has 0 unspecified atom stereocenters. The standard InChI is InChI=1S/C13H23N3O2/c14-12(18)16-15-9-10-1-5-13(6-2-10)7-3-11(17)4-8-13/h9-11,17H,1-8H2,(H3,14,16,18). The van der Waals surface area contributed by atoms with Crippen molar-refractivity contribution in [3.05, 3.63) is 0 Å². The van der Waals surface area contributed by atoms with Gasteiger partial charge in [0.2, 0.25) is 0 Å². The molecule has 0 aromatic rings. The first-order chi connectivity index (χ1) is 8.60. The van der Waals surface area contributed by atoms with Crippen LogP contribution in [-0.2, 0) is 0 Å². The molecule has 2 aliphatic rings. The highest BCUT2D eigenvalue weighted by atomic mass is 16.3. The van der Waals surface area contributed by atoms with Crippen LogP contribution in [0.5, 0.6) is 0 Å². The van der Waals surface area contributed by atoms with Crippen molar-refractivity contribution < 1.29 is 9.90 Å². The molecule has 0 atom stereocenters. The zero-order chi connectivity index (χ0) is 13.0. The Labute approximate surface area is 108 Å². The van der Waals surface area contributed by atoms with Gasteiger partial charge in [-0.1, -0.05) is 0 Å². The largest absolute Gasteiger partial charge is 0.393 e. The first-order valence-electron chi connectivity index (χ1n) is 6.86. The van der Waals surface area contributed by atoms with E-state index in [4.69, 9.17) is 5.73 Å². The number of hydrogen-bond acceptors (Lipinski definition) is 3. The van der Waals surface area contributed by atoms with Crippen LogP contribution in [0.2, 0.25) is 0 Å². The average Bonchev–Trinajstić information content (AvgIpc) is 2.35. The molecule has 102 valence electrons. The molecule has 2 saturated carbocycles. The molecule has 0 aliphatic heterocycles. The molecule has 1 spiro atoms. The molecule has 4 N–H and O–H groups in total. The first kappa shape index (κ1) is 13.3. The van der Waals surface area contributed by atoms with Gasteiger partial charge in [0.25, 0.3) is 0 Å². The average molecular weight is 253 g/mol. The summed E-state index contributed by atoms with van der Waals surface area (Å²) in [5.41, 5.74) is 7.66. The molecule has 2 rings (SSSR count). The van der Waals surface area contributed by atoms with Crippen molar-refractivity contribution in [1.29, 1.82) is 0 Å². The van der Waals surface area contributed by atoms with Crippen molar-refractivity contribution in [3.63, 3.8) is 0 Å². The lowest BCUT2D eigenvalue weighted by atomic mass is 9.63. The quantitative estimate of drug-likeness (QED) is 0.517. The molecule has 0 saturated heterocycles. The topological polar surface area (TPSA) is 87.7 Å². The summed E-state index contributed by atoms with van der Waals surface area (Å²) in [6, 6.07) is -0.611. The number of nitrogens with zero attached hydrogens (tertiary/aromatic N) is 1. The van der Waals surface area contributed by atoms with E-state index >= 15 is 0 Å². The minimum atomic E-state index is -0.611. The fourth-order valence-electron chi connectivity index (χ4n) is 3.32. The van der Waals surface area contributed by atoms with Crippen LogP contribution in [0.25, 0.3) is 0 Å². The maximum absolute atomic E-state index is 10.5. The zero-order valence-corrected chi connectivity index (χ0v) is 10.8. The van der Waals surface area contributed by atoms with Crippen LogP contribution in [0.3, 0.4) is 0 Å². The molecule has 0 heterocycles. The van der Waals surface area contributed by atoms with Gasteiger partial charge in [0.1, 0.15) is 0 Å². The summed E-state index contributed by atoms with van der Waals surface area (Å²) in [5.74, 6) is 0.453. The Morgan fingerprint density at radius 3 is 2.33 bits per heavy atom. The smallest absolute Gasteiger partial charge is 0.332 e. The van der Waals surface area contributed by atoms with E-state index in [0.717, 1.165) is 38.5 Å². The van der Waals surface area contributed by atoms with Gasteiger partial charge in [0.15, 0.2) is 0 Å². The third-order valence-corrected chi connectivity index (χ3v) is 4.57. The molecule has 0 aromatic heterocycles. The second kappa shape index (κ2) is 5.69. The second-order valence-electron chi connectivity index (χ2n) is 5.82. The predicted molar refractivity (Wildman–Crippen MR) is 70.1 cm³/mol. The summed E-state index contributed by atoms with van der Waals surface area (Å²) in [7, 11) is 0. The Kier molecular flexibility index (Phi) is 4.22. The van der Waals surface area contributed by atoms with E-state index < -0.39 is 6.03 Å². The van der Waals surface area contributed by atoms with E-state index in [2.05, 4.69) is 10.5 Å². The van der Waals surface area contributed by atoms with Gasteiger partial charge in [-0.3, -0.25) is 0 Å². The van der Waals surface area contributed by atoms with E-state index in [-0.39, 0.29) is 6.10 Å². The summed E-state index contributed by atoms with van der Waals surface area (Å²) < 4.78 is 0. The number of hydrogen-bond donors (Lipinski definition) is 3. The first-order valence-corrected chi connectivity index (χ1v) is 6.86. The van der Waals surface area contributed by atoms with Crippen LogP contribution in [0.1, 0.15) is 51.4 Å². The van der Waals surface area contributed by atoms with Crippen molar-refractivity contribution in [1.82, 2.24) is 5.43 Å². The van der Waals surface area contributed by atoms with Gasteiger partial charge in [-0.2, -0.15) is 5.10 Å². The Morgan fingerprint density at radius 1 is 1.22 bits per heavy atom. The Hall–Kier alpha value is -1.10. The monoisotopic (exact) mass is 253 g/mol. The van der Waals surface area contributed by atoms with Crippen molar-refractivity contribution >= 4 is 12.2 Å². The van der Waals surface area contributed by atoms with Crippen LogP contribution in [-0.4, -0.2) is 23.5 Å². The van der Waals surface area contributed by atoms with E-state index in [9.17, 15) is 9.90 Å². The van der Waals surface area contributed by atoms with E-state index in [1.807, 2.05) is 6.21 Å². The number of nitrogens with one attached hydrogen (secondary N) is 1. The van der Waals surface area contributed by atoms with E-state index in [1.54, 1.807) is 0 Å². The molecule has 0 bridgehead atoms. The molecule has 2 amide bonds. The molecular weight excluding hydrogens is 230 g/mol. The Balaban J connectivity index is 1.77. The maximum atomic E-state index is 10.5. The fraction of sp³-hybridized carbons (Fsp3) is 0.846. The Morgan fingerprint density at radius 2 is 1.78 bits per heavy atom. The van der Waals surface area contributed by atoms with Crippen LogP contribution >= 0.6 is 0 Å². The van der Waals surface area contributed by atoms with Crippen LogP contribution in [0.15, 0.2) is 5.10 Å². The van der Waals surface area contributed by atoms with Crippen molar-refractivity contribution in [3.8, 4) is 0 Å². The van der Waals surface area contributed by atoms with E-state index in [1.165, 1.54) is 12.8 Å². The van der Waals surface area contributed by atoms with Crippen LogP contribution in [0, 0.1) is 11.3 Å². The van der Waals surface area contributed by atoms with Crippen LogP contribution < -0.4 is 11.2 Å². The van der Waals surface area contributed by atoms with Gasteiger partial charge in [0.05, 0.1) is 6.10 Å².